The van der Waals surface area contributed by atoms with Gasteiger partial charge in [0.05, 0.1) is 0 Å². The van der Waals surface area contributed by atoms with Crippen molar-refractivity contribution < 1.29 is 4.43 Å². The molecule has 0 N–H and O–H groups in total. The highest BCUT2D eigenvalue weighted by molar-refractivity contribution is 9.11. The molecule has 0 fully saturated rings. The molecule has 1 aromatic rings. The van der Waals surface area contributed by atoms with Crippen LogP contribution in [0, 0.1) is 23.3 Å². The van der Waals surface area contributed by atoms with Crippen LogP contribution in [0.15, 0.2) is 41.4 Å². The Labute approximate surface area is 215 Å². The molecule has 0 aliphatic carbocycles. The second-order valence-corrected chi connectivity index (χ2v) is 21.4. The highest BCUT2D eigenvalue weighted by Gasteiger charge is 2.38. The Morgan fingerprint density at radius 2 is 1.64 bits per heavy atom. The minimum atomic E-state index is -1.83. The lowest BCUT2D eigenvalue weighted by Gasteiger charge is -2.38. The first-order chi connectivity index (χ1) is 15.3. The summed E-state index contributed by atoms with van der Waals surface area (Å²) < 4.78 is 7.72. The molecule has 1 aromatic carbocycles. The fraction of sp³-hybridized carbons (Fsp3) is 0.586. The molecule has 0 spiro atoms. The Morgan fingerprint density at radius 3 is 2.24 bits per heavy atom. The van der Waals surface area contributed by atoms with E-state index < -0.39 is 16.4 Å². The van der Waals surface area contributed by atoms with Crippen LogP contribution in [-0.4, -0.2) is 22.5 Å². The summed E-state index contributed by atoms with van der Waals surface area (Å²) in [6.45, 7) is 20.2. The van der Waals surface area contributed by atoms with Crippen LogP contribution in [0.2, 0.25) is 31.2 Å². The van der Waals surface area contributed by atoms with E-state index in [-0.39, 0.29) is 11.1 Å². The Hall–Kier alpha value is -1.05. The van der Waals surface area contributed by atoms with E-state index in [1.165, 1.54) is 5.56 Å². The first kappa shape index (κ1) is 30.0. The number of allylic oxidation sites excluding steroid dienone is 1. The molecule has 0 bridgehead atoms. The van der Waals surface area contributed by atoms with Gasteiger partial charge in [0.2, 0.25) is 0 Å². The second kappa shape index (κ2) is 14.4. The van der Waals surface area contributed by atoms with Gasteiger partial charge in [-0.05, 0) is 66.3 Å². The van der Waals surface area contributed by atoms with Gasteiger partial charge in [0.25, 0.3) is 0 Å². The van der Waals surface area contributed by atoms with Crippen molar-refractivity contribution in [1.82, 2.24) is 0 Å². The average molecular weight is 546 g/mol. The molecule has 0 saturated carbocycles. The maximum atomic E-state index is 6.65. The van der Waals surface area contributed by atoms with Crippen molar-refractivity contribution in [2.45, 2.75) is 109 Å². The van der Waals surface area contributed by atoms with Crippen LogP contribution in [0.1, 0.15) is 71.3 Å². The molecule has 1 nitrogen and oxygen atoms in total. The summed E-state index contributed by atoms with van der Waals surface area (Å²) in [6, 6.07) is 11.9. The number of halogens is 1. The molecule has 1 unspecified atom stereocenters. The number of hydrogen-bond acceptors (Lipinski definition) is 1. The summed E-state index contributed by atoms with van der Waals surface area (Å²) in [5, 5.41) is 0.198. The topological polar surface area (TPSA) is 9.23 Å². The molecule has 0 aromatic heterocycles. The average Bonchev–Trinajstić information content (AvgIpc) is 2.69. The Balaban J connectivity index is 2.57. The van der Waals surface area contributed by atoms with Crippen LogP contribution in [0.25, 0.3) is 0 Å². The summed E-state index contributed by atoms with van der Waals surface area (Å²) in [5.41, 5.74) is 5.01. The van der Waals surface area contributed by atoms with E-state index >= 15 is 0 Å². The highest BCUT2D eigenvalue weighted by atomic mass is 79.9. The second-order valence-electron chi connectivity index (χ2n) is 11.2. The van der Waals surface area contributed by atoms with E-state index in [9.17, 15) is 0 Å². The zero-order valence-corrected chi connectivity index (χ0v) is 25.7. The van der Waals surface area contributed by atoms with Gasteiger partial charge in [-0.25, -0.2) is 0 Å². The molecule has 0 amide bonds. The van der Waals surface area contributed by atoms with Crippen LogP contribution in [0.5, 0.6) is 0 Å². The van der Waals surface area contributed by atoms with E-state index in [1.807, 2.05) is 0 Å². The summed E-state index contributed by atoms with van der Waals surface area (Å²) in [5.74, 6) is 10.3. The van der Waals surface area contributed by atoms with Crippen LogP contribution in [-0.2, 0) is 10.5 Å². The van der Waals surface area contributed by atoms with E-state index in [0.717, 1.165) is 55.5 Å². The van der Waals surface area contributed by atoms with E-state index in [0.29, 0.717) is 0 Å². The van der Waals surface area contributed by atoms with Gasteiger partial charge < -0.3 is 4.43 Å². The van der Waals surface area contributed by atoms with Crippen molar-refractivity contribution in [3.8, 4) is 23.3 Å². The van der Waals surface area contributed by atoms with Crippen molar-refractivity contribution in [3.05, 3.63) is 47.0 Å². The zero-order valence-electron chi connectivity index (χ0n) is 22.1. The Bertz CT molecular complexity index is 845. The zero-order chi connectivity index (χ0) is 25.0. The van der Waals surface area contributed by atoms with E-state index in [4.69, 9.17) is 4.43 Å². The van der Waals surface area contributed by atoms with Gasteiger partial charge in [-0.2, -0.15) is 0 Å². The van der Waals surface area contributed by atoms with Gasteiger partial charge in [0.1, 0.15) is 14.2 Å². The molecule has 1 rings (SSSR count). The number of unbranched alkanes of at least 4 members (excludes halogenated alkanes) is 3. The van der Waals surface area contributed by atoms with E-state index in [2.05, 4.69) is 123 Å². The van der Waals surface area contributed by atoms with Gasteiger partial charge >= 0.3 is 0 Å². The normalized spacial score (nSPS) is 12.8. The molecule has 0 radical (unpaired) electrons. The van der Waals surface area contributed by atoms with Crippen LogP contribution in [0.4, 0.5) is 0 Å². The standard InChI is InChI=1S/C29H45BrOSi2/c1-26(30)19-16-17-23-28(31-33(7,8)29(2,3)4)22-15-10-9-11-18-24-32(5,6)25-27-20-13-12-14-21-27/h12-14,20-21,28H,1,9-11,16-17,19,23,25H2,2-8H3. The third-order valence-corrected chi connectivity index (χ3v) is 13.2. The van der Waals surface area contributed by atoms with Crippen LogP contribution >= 0.6 is 15.9 Å². The monoisotopic (exact) mass is 544 g/mol. The fourth-order valence-electron chi connectivity index (χ4n) is 3.24. The predicted molar refractivity (Wildman–Crippen MR) is 156 cm³/mol. The minimum Gasteiger partial charge on any atom is -0.403 e. The first-order valence-corrected chi connectivity index (χ1v) is 19.3. The molecule has 0 saturated heterocycles. The molecular weight excluding hydrogens is 500 g/mol. The predicted octanol–water partition coefficient (Wildman–Crippen LogP) is 9.05. The van der Waals surface area contributed by atoms with Crippen molar-refractivity contribution in [1.29, 1.82) is 0 Å². The molecule has 0 aliphatic heterocycles. The lowest BCUT2D eigenvalue weighted by molar-refractivity contribution is 0.219. The summed E-state index contributed by atoms with van der Waals surface area (Å²) >= 11 is 3.46. The lowest BCUT2D eigenvalue weighted by atomic mass is 10.1. The van der Waals surface area contributed by atoms with Crippen LogP contribution < -0.4 is 0 Å². The minimum absolute atomic E-state index is 0.0396. The third-order valence-electron chi connectivity index (χ3n) is 6.19. The molecule has 182 valence electrons. The van der Waals surface area contributed by atoms with Gasteiger partial charge in [-0.1, -0.05) is 92.6 Å². The largest absolute Gasteiger partial charge is 0.403 e. The van der Waals surface area contributed by atoms with Crippen LogP contribution in [0.3, 0.4) is 0 Å². The molecule has 33 heavy (non-hydrogen) atoms. The lowest BCUT2D eigenvalue weighted by Crippen LogP contribution is -2.43. The Morgan fingerprint density at radius 1 is 1.00 bits per heavy atom. The van der Waals surface area contributed by atoms with Gasteiger partial charge in [-0.15, -0.1) is 17.4 Å². The summed E-state index contributed by atoms with van der Waals surface area (Å²) in [6.07, 6.45) is 7.16. The molecular formula is C29H45BrOSi2. The van der Waals surface area contributed by atoms with Crippen molar-refractivity contribution in [3.63, 3.8) is 0 Å². The maximum Gasteiger partial charge on any atom is 0.193 e. The fourth-order valence-corrected chi connectivity index (χ4v) is 6.71. The van der Waals surface area contributed by atoms with Gasteiger partial charge in [0, 0.05) is 12.8 Å². The van der Waals surface area contributed by atoms with Gasteiger partial charge in [0.15, 0.2) is 8.32 Å². The number of rotatable bonds is 11. The quantitative estimate of drug-likeness (QED) is 0.153. The van der Waals surface area contributed by atoms with Crippen molar-refractivity contribution >= 4 is 32.3 Å². The molecule has 0 aliphatic rings. The summed E-state index contributed by atoms with van der Waals surface area (Å²) in [4.78, 5) is 0. The number of benzene rings is 1. The van der Waals surface area contributed by atoms with Gasteiger partial charge in [-0.3, -0.25) is 0 Å². The number of hydrogen-bond donors (Lipinski definition) is 0. The Kier molecular flexibility index (Phi) is 13.1. The molecule has 0 heterocycles. The molecule has 1 atom stereocenters. The van der Waals surface area contributed by atoms with Crippen molar-refractivity contribution in [2.75, 3.05) is 0 Å². The third kappa shape index (κ3) is 13.4. The first-order valence-electron chi connectivity index (χ1n) is 12.4. The van der Waals surface area contributed by atoms with Crippen molar-refractivity contribution in [2.24, 2.45) is 0 Å². The maximum absolute atomic E-state index is 6.65. The smallest absolute Gasteiger partial charge is 0.193 e. The summed E-state index contributed by atoms with van der Waals surface area (Å²) in [7, 11) is -3.36. The SMILES string of the molecule is C=C(Br)CCCCC(C#CCCCC#C[Si](C)(C)Cc1ccccc1)O[Si](C)(C)C(C)(C)C. The van der Waals surface area contributed by atoms with E-state index in [1.54, 1.807) is 0 Å². The highest BCUT2D eigenvalue weighted by Crippen LogP contribution is 2.37. The molecule has 4 heteroatoms.